The number of halogens is 1. The van der Waals surface area contributed by atoms with Crippen LogP contribution >= 0.6 is 23.4 Å². The number of nitrogens with zero attached hydrogens (tertiary/aromatic N) is 2. The number of carbonyl (C=O) groups excluding carboxylic acids is 3. The molecule has 144 valence electrons. The second kappa shape index (κ2) is 7.10. The van der Waals surface area contributed by atoms with Gasteiger partial charge in [0.2, 0.25) is 5.91 Å². The number of anilines is 2. The molecule has 2 aliphatic heterocycles. The molecule has 0 spiro atoms. The SMILES string of the molecule is CC(OC(=O)C12CCC(=O)N1c1ccccc1S2)C(=O)Nc1ccc(Cl)cn1. The van der Waals surface area contributed by atoms with Crippen LogP contribution in [-0.4, -0.2) is 33.7 Å². The highest BCUT2D eigenvalue weighted by molar-refractivity contribution is 8.02. The minimum Gasteiger partial charge on any atom is -0.450 e. The van der Waals surface area contributed by atoms with E-state index in [1.54, 1.807) is 12.1 Å². The number of rotatable bonds is 4. The van der Waals surface area contributed by atoms with Crippen molar-refractivity contribution in [2.24, 2.45) is 0 Å². The summed E-state index contributed by atoms with van der Waals surface area (Å²) < 4.78 is 5.46. The number of ether oxygens (including phenoxy) is 1. The van der Waals surface area contributed by atoms with Gasteiger partial charge in [-0.15, -0.1) is 0 Å². The van der Waals surface area contributed by atoms with Gasteiger partial charge in [-0.1, -0.05) is 35.5 Å². The Morgan fingerprint density at radius 1 is 1.32 bits per heavy atom. The van der Waals surface area contributed by atoms with Crippen molar-refractivity contribution in [3.8, 4) is 0 Å². The zero-order valence-electron chi connectivity index (χ0n) is 14.8. The number of thioether (sulfide) groups is 1. The molecule has 2 aromatic rings. The molecule has 2 atom stereocenters. The molecule has 3 heterocycles. The predicted molar refractivity (Wildman–Crippen MR) is 105 cm³/mol. The average Bonchev–Trinajstić information content (AvgIpc) is 3.19. The number of fused-ring (bicyclic) bond motifs is 3. The van der Waals surface area contributed by atoms with Crippen LogP contribution in [0.4, 0.5) is 11.5 Å². The minimum atomic E-state index is -1.16. The number of hydrogen-bond donors (Lipinski definition) is 1. The summed E-state index contributed by atoms with van der Waals surface area (Å²) in [5.74, 6) is -0.949. The highest BCUT2D eigenvalue weighted by Crippen LogP contribution is 2.56. The van der Waals surface area contributed by atoms with E-state index in [2.05, 4.69) is 10.3 Å². The first-order valence-corrected chi connectivity index (χ1v) is 9.85. The van der Waals surface area contributed by atoms with Crippen LogP contribution in [0.5, 0.6) is 0 Å². The molecule has 2 aliphatic rings. The summed E-state index contributed by atoms with van der Waals surface area (Å²) >= 11 is 7.07. The van der Waals surface area contributed by atoms with E-state index in [1.165, 1.54) is 29.8 Å². The largest absolute Gasteiger partial charge is 0.450 e. The van der Waals surface area contributed by atoms with Crippen LogP contribution < -0.4 is 10.2 Å². The second-order valence-electron chi connectivity index (χ2n) is 6.48. The van der Waals surface area contributed by atoms with Gasteiger partial charge in [0, 0.05) is 23.9 Å². The number of aromatic nitrogens is 1. The van der Waals surface area contributed by atoms with Crippen LogP contribution in [-0.2, 0) is 19.1 Å². The zero-order chi connectivity index (χ0) is 19.9. The van der Waals surface area contributed by atoms with Crippen molar-refractivity contribution in [1.29, 1.82) is 0 Å². The Morgan fingerprint density at radius 3 is 2.86 bits per heavy atom. The van der Waals surface area contributed by atoms with Crippen molar-refractivity contribution in [2.45, 2.75) is 35.6 Å². The molecule has 0 saturated carbocycles. The quantitative estimate of drug-likeness (QED) is 0.768. The topological polar surface area (TPSA) is 88.6 Å². The number of carbonyl (C=O) groups is 3. The standard InChI is InChI=1S/C19H16ClN3O4S/c1-11(17(25)22-15-7-6-12(20)10-21-15)27-18(26)19-9-8-16(24)23(19)13-4-2-3-5-14(13)28-19/h2-7,10-11H,8-9H2,1H3,(H,21,22,25). The Bertz CT molecular complexity index is 968. The molecule has 1 N–H and O–H groups in total. The third kappa shape index (κ3) is 3.12. The number of pyridine rings is 1. The lowest BCUT2D eigenvalue weighted by Gasteiger charge is -2.29. The Balaban J connectivity index is 1.49. The zero-order valence-corrected chi connectivity index (χ0v) is 16.4. The summed E-state index contributed by atoms with van der Waals surface area (Å²) in [6, 6.07) is 10.5. The summed E-state index contributed by atoms with van der Waals surface area (Å²) in [6.45, 7) is 1.48. The lowest BCUT2D eigenvalue weighted by molar-refractivity contribution is -0.155. The average molecular weight is 418 g/mol. The molecule has 0 aliphatic carbocycles. The number of nitrogens with one attached hydrogen (secondary N) is 1. The predicted octanol–water partition coefficient (Wildman–Crippen LogP) is 3.23. The van der Waals surface area contributed by atoms with E-state index in [9.17, 15) is 14.4 Å². The maximum atomic E-state index is 13.0. The Morgan fingerprint density at radius 2 is 2.11 bits per heavy atom. The van der Waals surface area contributed by atoms with Crippen LogP contribution in [0.15, 0.2) is 47.5 Å². The molecular weight excluding hydrogens is 402 g/mol. The van der Waals surface area contributed by atoms with Gasteiger partial charge < -0.3 is 10.1 Å². The normalized spacial score (nSPS) is 21.1. The maximum absolute atomic E-state index is 13.0. The fraction of sp³-hybridized carbons (Fsp3) is 0.263. The highest BCUT2D eigenvalue weighted by atomic mass is 35.5. The molecule has 1 aromatic heterocycles. The smallest absolute Gasteiger partial charge is 0.344 e. The number of benzene rings is 1. The van der Waals surface area contributed by atoms with Crippen molar-refractivity contribution >= 4 is 52.7 Å². The summed E-state index contributed by atoms with van der Waals surface area (Å²) in [6.07, 6.45) is 0.936. The van der Waals surface area contributed by atoms with Gasteiger partial charge in [0.25, 0.3) is 5.91 Å². The molecule has 1 fully saturated rings. The molecule has 28 heavy (non-hydrogen) atoms. The molecule has 0 radical (unpaired) electrons. The monoisotopic (exact) mass is 417 g/mol. The second-order valence-corrected chi connectivity index (χ2v) is 8.24. The first-order valence-electron chi connectivity index (χ1n) is 8.65. The van der Waals surface area contributed by atoms with Gasteiger partial charge in [-0.05, 0) is 31.2 Å². The van der Waals surface area contributed by atoms with E-state index in [0.29, 0.717) is 22.9 Å². The fourth-order valence-electron chi connectivity index (χ4n) is 3.26. The first-order chi connectivity index (χ1) is 13.4. The molecule has 4 rings (SSSR count). The van der Waals surface area contributed by atoms with E-state index in [0.717, 1.165) is 4.90 Å². The van der Waals surface area contributed by atoms with E-state index in [1.807, 2.05) is 24.3 Å². The van der Waals surface area contributed by atoms with Crippen LogP contribution in [0.3, 0.4) is 0 Å². The van der Waals surface area contributed by atoms with E-state index < -0.39 is 22.9 Å². The Kier molecular flexibility index (Phi) is 4.76. The van der Waals surface area contributed by atoms with Gasteiger partial charge >= 0.3 is 5.97 Å². The third-order valence-corrected chi connectivity index (χ3v) is 6.30. The van der Waals surface area contributed by atoms with Crippen molar-refractivity contribution in [2.75, 3.05) is 10.2 Å². The molecule has 2 unspecified atom stereocenters. The van der Waals surface area contributed by atoms with E-state index >= 15 is 0 Å². The Labute approximate surface area is 170 Å². The van der Waals surface area contributed by atoms with Crippen molar-refractivity contribution < 1.29 is 19.1 Å². The van der Waals surface area contributed by atoms with E-state index in [-0.39, 0.29) is 12.3 Å². The van der Waals surface area contributed by atoms with Crippen molar-refractivity contribution in [3.05, 3.63) is 47.6 Å². The Hall–Kier alpha value is -2.58. The molecule has 9 heteroatoms. The van der Waals surface area contributed by atoms with Gasteiger partial charge in [0.05, 0.1) is 10.7 Å². The molecular formula is C19H16ClN3O4S. The lowest BCUT2D eigenvalue weighted by Crippen LogP contribution is -2.49. The van der Waals surface area contributed by atoms with Gasteiger partial charge in [0.1, 0.15) is 5.82 Å². The van der Waals surface area contributed by atoms with Gasteiger partial charge in [-0.3, -0.25) is 14.5 Å². The summed E-state index contributed by atoms with van der Waals surface area (Å²) in [4.78, 5) is 43.0. The summed E-state index contributed by atoms with van der Waals surface area (Å²) in [5.41, 5.74) is 0.703. The first kappa shape index (κ1) is 18.8. The maximum Gasteiger partial charge on any atom is 0.344 e. The molecule has 1 saturated heterocycles. The highest BCUT2D eigenvalue weighted by Gasteiger charge is 2.58. The molecule has 1 aromatic carbocycles. The molecule has 0 bridgehead atoms. The van der Waals surface area contributed by atoms with Crippen LogP contribution in [0.2, 0.25) is 5.02 Å². The minimum absolute atomic E-state index is 0.128. The van der Waals surface area contributed by atoms with Crippen molar-refractivity contribution in [3.63, 3.8) is 0 Å². The number of hydrogen-bond acceptors (Lipinski definition) is 6. The van der Waals surface area contributed by atoms with Crippen LogP contribution in [0.1, 0.15) is 19.8 Å². The lowest BCUT2D eigenvalue weighted by atomic mass is 10.2. The molecule has 7 nitrogen and oxygen atoms in total. The number of esters is 1. The van der Waals surface area contributed by atoms with Gasteiger partial charge in [-0.2, -0.15) is 0 Å². The molecule has 2 amide bonds. The van der Waals surface area contributed by atoms with Gasteiger partial charge in [0.15, 0.2) is 11.0 Å². The van der Waals surface area contributed by atoms with Crippen LogP contribution in [0, 0.1) is 0 Å². The number of para-hydroxylation sites is 1. The van der Waals surface area contributed by atoms with E-state index in [4.69, 9.17) is 16.3 Å². The summed E-state index contributed by atoms with van der Waals surface area (Å²) in [7, 11) is 0. The fourth-order valence-corrected chi connectivity index (χ4v) is 4.77. The van der Waals surface area contributed by atoms with Crippen molar-refractivity contribution in [1.82, 2.24) is 4.98 Å². The number of amides is 2. The van der Waals surface area contributed by atoms with Gasteiger partial charge in [-0.25, -0.2) is 9.78 Å². The summed E-state index contributed by atoms with van der Waals surface area (Å²) in [5, 5.41) is 3.02. The third-order valence-electron chi connectivity index (χ3n) is 4.62. The van der Waals surface area contributed by atoms with Crippen LogP contribution in [0.25, 0.3) is 0 Å².